The molecule has 0 unspecified atom stereocenters. The molecular weight excluding hydrogens is 271 g/mol. The molecule has 1 saturated heterocycles. The van der Waals surface area contributed by atoms with Gasteiger partial charge in [-0.1, -0.05) is 44.0 Å². The van der Waals surface area contributed by atoms with Gasteiger partial charge in [0.2, 0.25) is 0 Å². The van der Waals surface area contributed by atoms with E-state index in [9.17, 15) is 0 Å². The Labute approximate surface area is 134 Å². The zero-order valence-electron chi connectivity index (χ0n) is 14.0. The molecule has 0 atom stereocenters. The molecule has 0 spiro atoms. The summed E-state index contributed by atoms with van der Waals surface area (Å²) < 4.78 is 9.37. The summed E-state index contributed by atoms with van der Waals surface area (Å²) in [6.45, 7) is 5.22. The van der Waals surface area contributed by atoms with Crippen molar-refractivity contribution in [2.75, 3.05) is 21.1 Å². The summed E-state index contributed by atoms with van der Waals surface area (Å²) in [6, 6.07) is 10.4. The van der Waals surface area contributed by atoms with Gasteiger partial charge >= 0.3 is 7.12 Å². The fourth-order valence-corrected chi connectivity index (χ4v) is 3.26. The number of aromatic nitrogens is 2. The first-order chi connectivity index (χ1) is 10.5. The molecule has 0 bridgehead atoms. The summed E-state index contributed by atoms with van der Waals surface area (Å²) in [5.74, 6) is 1.01. The fraction of sp³-hybridized carbons (Fsp3) is 0.357. The van der Waals surface area contributed by atoms with E-state index in [1.54, 1.807) is 0 Å². The van der Waals surface area contributed by atoms with E-state index in [1.807, 2.05) is 12.3 Å². The summed E-state index contributed by atoms with van der Waals surface area (Å²) in [5.41, 5.74) is 1.15. The predicted molar refractivity (Wildman–Crippen MR) is 95.3 cm³/mol. The molecule has 112 valence electrons. The molecule has 1 aliphatic heterocycles. The summed E-state index contributed by atoms with van der Waals surface area (Å²) in [7, 11) is 6.66. The molecule has 0 aliphatic carbocycles. The second-order valence-electron chi connectivity index (χ2n) is 6.13. The Hall–Kier alpha value is -1.50. The van der Waals surface area contributed by atoms with Crippen LogP contribution in [0.25, 0.3) is 11.4 Å². The first-order valence-electron chi connectivity index (χ1n) is 7.76. The minimum Gasteiger partial charge on any atom is -0.360 e. The SMILES string of the molecule is CB1N(C)B(C)N(C)B(n2ccnc2-c2ccccc2)N1C. The maximum Gasteiger partial charge on any atom is 0.421 e. The number of hydrogen-bond donors (Lipinski definition) is 0. The Morgan fingerprint density at radius 2 is 1.45 bits per heavy atom. The smallest absolute Gasteiger partial charge is 0.360 e. The lowest BCUT2D eigenvalue weighted by Gasteiger charge is -2.48. The van der Waals surface area contributed by atoms with E-state index < -0.39 is 0 Å². The Morgan fingerprint density at radius 1 is 0.864 bits per heavy atom. The van der Waals surface area contributed by atoms with Gasteiger partial charge in [-0.05, 0) is 21.1 Å². The molecule has 0 amide bonds. The second kappa shape index (κ2) is 5.95. The van der Waals surface area contributed by atoms with Crippen LogP contribution in [0.5, 0.6) is 0 Å². The molecular formula is C14H22B3N5. The standard InChI is InChI=1S/C14H22B3N5/c1-15-19(3)16(2)21(5)17(20(15)4)22-12-11-18-14(22)13-9-7-6-8-10-13/h6-12H,1-5H3. The highest BCUT2D eigenvalue weighted by Gasteiger charge is 2.46. The van der Waals surface area contributed by atoms with Gasteiger partial charge in [0.25, 0.3) is 14.0 Å². The minimum absolute atomic E-state index is 0.152. The lowest BCUT2D eigenvalue weighted by atomic mass is 9.49. The zero-order chi connectivity index (χ0) is 15.9. The van der Waals surface area contributed by atoms with Crippen molar-refractivity contribution in [1.82, 2.24) is 23.6 Å². The van der Waals surface area contributed by atoms with Gasteiger partial charge in [0.1, 0.15) is 5.82 Å². The van der Waals surface area contributed by atoms with Crippen LogP contribution in [0.2, 0.25) is 13.6 Å². The van der Waals surface area contributed by atoms with E-state index in [0.29, 0.717) is 14.0 Å². The van der Waals surface area contributed by atoms with Gasteiger partial charge < -0.3 is 18.6 Å². The molecule has 0 saturated carbocycles. The topological polar surface area (TPSA) is 27.5 Å². The van der Waals surface area contributed by atoms with Crippen LogP contribution >= 0.6 is 0 Å². The normalized spacial score (nSPS) is 18.3. The van der Waals surface area contributed by atoms with Crippen LogP contribution in [-0.2, 0) is 0 Å². The molecule has 1 fully saturated rings. The molecule has 1 aromatic carbocycles. The van der Waals surface area contributed by atoms with E-state index in [1.165, 1.54) is 0 Å². The maximum atomic E-state index is 4.60. The van der Waals surface area contributed by atoms with Gasteiger partial charge in [-0.3, -0.25) is 0 Å². The first-order valence-corrected chi connectivity index (χ1v) is 7.76. The Kier molecular flexibility index (Phi) is 4.17. The third kappa shape index (κ3) is 2.41. The van der Waals surface area contributed by atoms with E-state index >= 15 is 0 Å². The lowest BCUT2D eigenvalue weighted by Crippen LogP contribution is -2.75. The number of imidazole rings is 1. The van der Waals surface area contributed by atoms with Gasteiger partial charge in [0, 0.05) is 18.0 Å². The average molecular weight is 293 g/mol. The van der Waals surface area contributed by atoms with Gasteiger partial charge in [-0.2, -0.15) is 0 Å². The van der Waals surface area contributed by atoms with Crippen molar-refractivity contribution in [2.45, 2.75) is 13.6 Å². The molecule has 22 heavy (non-hydrogen) atoms. The van der Waals surface area contributed by atoms with E-state index in [-0.39, 0.29) is 7.12 Å². The van der Waals surface area contributed by atoms with Crippen LogP contribution in [0.1, 0.15) is 0 Å². The van der Waals surface area contributed by atoms with Crippen molar-refractivity contribution in [3.8, 4) is 11.4 Å². The number of nitrogens with zero attached hydrogens (tertiary/aromatic N) is 5. The summed E-state index contributed by atoms with van der Waals surface area (Å²) in [5, 5.41) is 0. The Balaban J connectivity index is 2.02. The van der Waals surface area contributed by atoms with E-state index in [2.05, 4.69) is 88.9 Å². The summed E-state index contributed by atoms with van der Waals surface area (Å²) in [4.78, 5) is 4.60. The quantitative estimate of drug-likeness (QED) is 0.783. The number of hydrogen-bond acceptors (Lipinski definition) is 4. The fourth-order valence-electron chi connectivity index (χ4n) is 3.26. The van der Waals surface area contributed by atoms with Crippen molar-refractivity contribution in [3.05, 3.63) is 42.7 Å². The highest BCUT2D eigenvalue weighted by Crippen LogP contribution is 2.22. The molecule has 2 aromatic rings. The number of rotatable bonds is 2. The van der Waals surface area contributed by atoms with Crippen LogP contribution in [0.3, 0.4) is 0 Å². The van der Waals surface area contributed by atoms with Crippen molar-refractivity contribution >= 4 is 21.1 Å². The molecule has 1 aromatic heterocycles. The van der Waals surface area contributed by atoms with Crippen molar-refractivity contribution in [3.63, 3.8) is 0 Å². The molecule has 2 heterocycles. The lowest BCUT2D eigenvalue weighted by molar-refractivity contribution is 0.527. The summed E-state index contributed by atoms with van der Waals surface area (Å²) >= 11 is 0. The third-order valence-corrected chi connectivity index (χ3v) is 5.04. The summed E-state index contributed by atoms with van der Waals surface area (Å²) in [6.07, 6.45) is 3.96. The van der Waals surface area contributed by atoms with Crippen LogP contribution in [0.4, 0.5) is 0 Å². The molecule has 0 N–H and O–H groups in total. The molecule has 5 nitrogen and oxygen atoms in total. The van der Waals surface area contributed by atoms with E-state index in [0.717, 1.165) is 11.4 Å². The third-order valence-electron chi connectivity index (χ3n) is 5.04. The zero-order valence-corrected chi connectivity index (χ0v) is 14.0. The predicted octanol–water partition coefficient (Wildman–Crippen LogP) is 1.43. The minimum atomic E-state index is 0.152. The molecule has 1 aliphatic rings. The monoisotopic (exact) mass is 293 g/mol. The maximum absolute atomic E-state index is 4.60. The second-order valence-corrected chi connectivity index (χ2v) is 6.13. The van der Waals surface area contributed by atoms with Crippen LogP contribution in [0, 0.1) is 0 Å². The molecule has 8 heteroatoms. The van der Waals surface area contributed by atoms with Gasteiger partial charge in [0.15, 0.2) is 0 Å². The van der Waals surface area contributed by atoms with Gasteiger partial charge in [-0.15, -0.1) is 0 Å². The molecule has 3 rings (SSSR count). The van der Waals surface area contributed by atoms with Crippen molar-refractivity contribution in [1.29, 1.82) is 0 Å². The molecule has 0 radical (unpaired) electrons. The highest BCUT2D eigenvalue weighted by molar-refractivity contribution is 6.84. The van der Waals surface area contributed by atoms with Gasteiger partial charge in [0.05, 0.1) is 0 Å². The average Bonchev–Trinajstić information content (AvgIpc) is 3.01. The van der Waals surface area contributed by atoms with Crippen molar-refractivity contribution < 1.29 is 0 Å². The van der Waals surface area contributed by atoms with Crippen molar-refractivity contribution in [2.24, 2.45) is 0 Å². The first kappa shape index (κ1) is 15.4. The number of benzene rings is 1. The van der Waals surface area contributed by atoms with Crippen LogP contribution in [0.15, 0.2) is 42.7 Å². The van der Waals surface area contributed by atoms with Gasteiger partial charge in [-0.25, -0.2) is 4.98 Å². The van der Waals surface area contributed by atoms with Crippen LogP contribution in [-0.4, -0.2) is 65.9 Å². The Bertz CT molecular complexity index is 618. The van der Waals surface area contributed by atoms with E-state index in [4.69, 9.17) is 0 Å². The Morgan fingerprint density at radius 3 is 2.05 bits per heavy atom. The highest BCUT2D eigenvalue weighted by atomic mass is 15.4. The van der Waals surface area contributed by atoms with Crippen LogP contribution < -0.4 is 0 Å². The largest absolute Gasteiger partial charge is 0.421 e.